The number of ether oxygens (including phenoxy) is 2. The van der Waals surface area contributed by atoms with E-state index >= 15 is 0 Å². The predicted molar refractivity (Wildman–Crippen MR) is 73.1 cm³/mol. The smallest absolute Gasteiger partial charge is 0.251 e. The summed E-state index contributed by atoms with van der Waals surface area (Å²) in [6.07, 6.45) is 3.14. The minimum atomic E-state index is -0.405. The summed E-state index contributed by atoms with van der Waals surface area (Å²) < 4.78 is 23.9. The zero-order valence-corrected chi connectivity index (χ0v) is 11.4. The van der Waals surface area contributed by atoms with Crippen molar-refractivity contribution >= 4 is 5.91 Å². The number of halogens is 1. The van der Waals surface area contributed by atoms with Crippen LogP contribution >= 0.6 is 0 Å². The molecule has 1 aromatic rings. The Morgan fingerprint density at radius 1 is 1.50 bits per heavy atom. The van der Waals surface area contributed by atoms with Crippen molar-refractivity contribution in [3.8, 4) is 0 Å². The number of rotatable bonds is 7. The van der Waals surface area contributed by atoms with Crippen molar-refractivity contribution in [3.05, 3.63) is 35.6 Å². The monoisotopic (exact) mass is 281 g/mol. The molecule has 0 aromatic heterocycles. The van der Waals surface area contributed by atoms with Crippen LogP contribution in [0.3, 0.4) is 0 Å². The van der Waals surface area contributed by atoms with E-state index < -0.39 is 5.82 Å². The third kappa shape index (κ3) is 4.90. The molecule has 0 radical (unpaired) electrons. The van der Waals surface area contributed by atoms with Gasteiger partial charge in [0.2, 0.25) is 0 Å². The van der Waals surface area contributed by atoms with Crippen LogP contribution in [0.2, 0.25) is 0 Å². The molecule has 0 unspecified atom stereocenters. The van der Waals surface area contributed by atoms with Gasteiger partial charge >= 0.3 is 0 Å². The van der Waals surface area contributed by atoms with Crippen molar-refractivity contribution in [1.29, 1.82) is 0 Å². The zero-order chi connectivity index (χ0) is 14.2. The normalized spacial score (nSPS) is 18.1. The van der Waals surface area contributed by atoms with Gasteiger partial charge in [0.1, 0.15) is 5.82 Å². The molecule has 1 aliphatic heterocycles. The lowest BCUT2D eigenvalue weighted by Gasteiger charge is -2.10. The van der Waals surface area contributed by atoms with Crippen LogP contribution in [-0.4, -0.2) is 38.4 Å². The third-order valence-electron chi connectivity index (χ3n) is 3.17. The number of amides is 1. The maximum absolute atomic E-state index is 13.0. The van der Waals surface area contributed by atoms with E-state index in [1.807, 2.05) is 0 Å². The maximum Gasteiger partial charge on any atom is 0.251 e. The first kappa shape index (κ1) is 14.9. The van der Waals surface area contributed by atoms with Gasteiger partial charge in [-0.05, 0) is 37.5 Å². The highest BCUT2D eigenvalue weighted by molar-refractivity contribution is 5.94. The lowest BCUT2D eigenvalue weighted by Crippen LogP contribution is -2.25. The minimum absolute atomic E-state index is 0.233. The largest absolute Gasteiger partial charge is 0.379 e. The average Bonchev–Trinajstić information content (AvgIpc) is 2.95. The van der Waals surface area contributed by atoms with Gasteiger partial charge in [0.25, 0.3) is 5.91 Å². The number of nitrogens with one attached hydrogen (secondary N) is 1. The summed E-state index contributed by atoms with van der Waals surface area (Å²) in [6.45, 7) is 2.56. The molecule has 4 nitrogen and oxygen atoms in total. The standard InChI is InChI=1S/C15H20FNO3/c16-13-5-1-4-12(10-13)15(18)17-7-3-8-19-11-14-6-2-9-20-14/h1,4-5,10,14H,2-3,6-9,11H2,(H,17,18)/t14-/m0/s1. The Kier molecular flexibility index (Phi) is 5.95. The highest BCUT2D eigenvalue weighted by Gasteiger charge is 2.14. The van der Waals surface area contributed by atoms with Gasteiger partial charge in [0.05, 0.1) is 12.7 Å². The van der Waals surface area contributed by atoms with Gasteiger partial charge in [-0.15, -0.1) is 0 Å². The molecular formula is C15H20FNO3. The van der Waals surface area contributed by atoms with E-state index in [2.05, 4.69) is 5.32 Å². The fourth-order valence-electron chi connectivity index (χ4n) is 2.10. The van der Waals surface area contributed by atoms with Crippen molar-refractivity contribution in [2.75, 3.05) is 26.4 Å². The molecule has 1 aromatic carbocycles. The van der Waals surface area contributed by atoms with E-state index in [9.17, 15) is 9.18 Å². The van der Waals surface area contributed by atoms with Gasteiger partial charge < -0.3 is 14.8 Å². The second-order valence-electron chi connectivity index (χ2n) is 4.83. The molecule has 5 heteroatoms. The topological polar surface area (TPSA) is 47.6 Å². The van der Waals surface area contributed by atoms with Crippen LogP contribution in [-0.2, 0) is 9.47 Å². The Morgan fingerprint density at radius 3 is 3.15 bits per heavy atom. The molecule has 2 rings (SSSR count). The molecule has 1 atom stereocenters. The first-order valence-electron chi connectivity index (χ1n) is 6.99. The molecule has 1 amide bonds. The minimum Gasteiger partial charge on any atom is -0.379 e. The van der Waals surface area contributed by atoms with Crippen LogP contribution in [0.25, 0.3) is 0 Å². The number of carbonyl (C=O) groups excluding carboxylic acids is 1. The van der Waals surface area contributed by atoms with Crippen LogP contribution in [0, 0.1) is 5.82 Å². The van der Waals surface area contributed by atoms with E-state index in [-0.39, 0.29) is 12.0 Å². The second kappa shape index (κ2) is 7.97. The number of hydrogen-bond donors (Lipinski definition) is 1. The highest BCUT2D eigenvalue weighted by atomic mass is 19.1. The molecule has 0 spiro atoms. The van der Waals surface area contributed by atoms with Gasteiger partial charge in [-0.25, -0.2) is 4.39 Å². The number of hydrogen-bond acceptors (Lipinski definition) is 3. The van der Waals surface area contributed by atoms with Crippen molar-refractivity contribution in [2.45, 2.75) is 25.4 Å². The lowest BCUT2D eigenvalue weighted by atomic mass is 10.2. The van der Waals surface area contributed by atoms with Crippen molar-refractivity contribution < 1.29 is 18.7 Å². The van der Waals surface area contributed by atoms with Crippen molar-refractivity contribution in [1.82, 2.24) is 5.32 Å². The van der Waals surface area contributed by atoms with E-state index in [0.717, 1.165) is 25.9 Å². The Balaban J connectivity index is 1.55. The molecule has 1 aliphatic rings. The SMILES string of the molecule is O=C(NCCCOC[C@@H]1CCCO1)c1cccc(F)c1. The quantitative estimate of drug-likeness (QED) is 0.779. The fraction of sp³-hybridized carbons (Fsp3) is 0.533. The molecule has 0 saturated carbocycles. The summed E-state index contributed by atoms with van der Waals surface area (Å²) in [6, 6.07) is 5.65. The van der Waals surface area contributed by atoms with E-state index in [4.69, 9.17) is 9.47 Å². The molecule has 1 N–H and O–H groups in total. The van der Waals surface area contributed by atoms with E-state index in [0.29, 0.717) is 25.3 Å². The highest BCUT2D eigenvalue weighted by Crippen LogP contribution is 2.11. The Hall–Kier alpha value is -1.46. The molecule has 1 fully saturated rings. The molecule has 1 heterocycles. The first-order valence-corrected chi connectivity index (χ1v) is 6.99. The van der Waals surface area contributed by atoms with Crippen molar-refractivity contribution in [2.24, 2.45) is 0 Å². The average molecular weight is 281 g/mol. The van der Waals surface area contributed by atoms with E-state index in [1.54, 1.807) is 6.07 Å². The Labute approximate surface area is 118 Å². The van der Waals surface area contributed by atoms with Gasteiger partial charge in [0.15, 0.2) is 0 Å². The first-order chi connectivity index (χ1) is 9.75. The second-order valence-corrected chi connectivity index (χ2v) is 4.83. The molecule has 0 bridgehead atoms. The van der Waals surface area contributed by atoms with Gasteiger partial charge in [0, 0.05) is 25.3 Å². The fourth-order valence-corrected chi connectivity index (χ4v) is 2.10. The summed E-state index contributed by atoms with van der Waals surface area (Å²) >= 11 is 0. The summed E-state index contributed by atoms with van der Waals surface area (Å²) in [5, 5.41) is 2.74. The van der Waals surface area contributed by atoms with Crippen LogP contribution in [0.5, 0.6) is 0 Å². The van der Waals surface area contributed by atoms with Crippen LogP contribution in [0.4, 0.5) is 4.39 Å². The lowest BCUT2D eigenvalue weighted by molar-refractivity contribution is 0.0166. The molecule has 110 valence electrons. The zero-order valence-electron chi connectivity index (χ0n) is 11.4. The van der Waals surface area contributed by atoms with Crippen molar-refractivity contribution in [3.63, 3.8) is 0 Å². The van der Waals surface area contributed by atoms with Crippen LogP contribution in [0.1, 0.15) is 29.6 Å². The molecule has 1 saturated heterocycles. The third-order valence-corrected chi connectivity index (χ3v) is 3.17. The Bertz CT molecular complexity index is 433. The van der Waals surface area contributed by atoms with Crippen LogP contribution < -0.4 is 5.32 Å². The molecule has 0 aliphatic carbocycles. The summed E-state index contributed by atoms with van der Waals surface area (Å²) in [7, 11) is 0. The maximum atomic E-state index is 13.0. The number of benzene rings is 1. The van der Waals surface area contributed by atoms with Gasteiger partial charge in [-0.2, -0.15) is 0 Å². The summed E-state index contributed by atoms with van der Waals surface area (Å²) in [4.78, 5) is 11.7. The molecular weight excluding hydrogens is 261 g/mol. The van der Waals surface area contributed by atoms with Gasteiger partial charge in [-0.1, -0.05) is 6.07 Å². The Morgan fingerprint density at radius 2 is 2.40 bits per heavy atom. The van der Waals surface area contributed by atoms with Crippen LogP contribution in [0.15, 0.2) is 24.3 Å². The molecule has 20 heavy (non-hydrogen) atoms. The summed E-state index contributed by atoms with van der Waals surface area (Å²) in [5.41, 5.74) is 0.338. The predicted octanol–water partition coefficient (Wildman–Crippen LogP) is 2.14. The van der Waals surface area contributed by atoms with Gasteiger partial charge in [-0.3, -0.25) is 4.79 Å². The number of carbonyl (C=O) groups is 1. The summed E-state index contributed by atoms with van der Waals surface area (Å²) in [5.74, 6) is -0.666. The van der Waals surface area contributed by atoms with E-state index in [1.165, 1.54) is 18.2 Å².